The molecule has 0 aliphatic heterocycles. The molecule has 1 rings (SSSR count). The molecule has 1 aromatic rings. The Hall–Kier alpha value is -2.93. The molecule has 0 saturated heterocycles. The number of carbonyl (C=O) groups is 3. The summed E-state index contributed by atoms with van der Waals surface area (Å²) in [6, 6.07) is 6.68. The van der Waals surface area contributed by atoms with Gasteiger partial charge in [0.15, 0.2) is 0 Å². The highest BCUT2D eigenvalue weighted by atomic mass is 16.6. The Morgan fingerprint density at radius 3 is 1.48 bits per heavy atom. The number of hydrogen-bond donors (Lipinski definition) is 0. The molecule has 0 bridgehead atoms. The zero-order valence-corrected chi connectivity index (χ0v) is 36.8. The first-order valence-corrected chi connectivity index (χ1v) is 19.2. The van der Waals surface area contributed by atoms with Gasteiger partial charge >= 0.3 is 11.9 Å². The number of nitrogens with zero attached hydrogens (tertiary/aromatic N) is 4. The molecule has 12 heteroatoms. The largest absolute Gasteiger partial charge is 0.459 e. The van der Waals surface area contributed by atoms with Crippen molar-refractivity contribution < 1.29 is 33.5 Å². The smallest absolute Gasteiger partial charge is 0.320 e. The van der Waals surface area contributed by atoms with E-state index in [0.29, 0.717) is 26.2 Å². The average Bonchev–Trinajstić information content (AvgIpc) is 2.97. The van der Waals surface area contributed by atoms with Gasteiger partial charge in [0, 0.05) is 37.3 Å². The van der Waals surface area contributed by atoms with E-state index in [2.05, 4.69) is 51.3 Å². The fourth-order valence-corrected chi connectivity index (χ4v) is 5.47. The van der Waals surface area contributed by atoms with Crippen LogP contribution in [0.1, 0.15) is 129 Å². The van der Waals surface area contributed by atoms with Crippen molar-refractivity contribution in [2.75, 3.05) is 46.0 Å². The van der Waals surface area contributed by atoms with Gasteiger partial charge in [0.05, 0.1) is 30.3 Å². The van der Waals surface area contributed by atoms with E-state index in [9.17, 15) is 19.7 Å². The third kappa shape index (κ3) is 25.2. The Morgan fingerprint density at radius 1 is 0.704 bits per heavy atom. The van der Waals surface area contributed by atoms with Crippen LogP contribution in [-0.2, 0) is 35.0 Å². The summed E-state index contributed by atoms with van der Waals surface area (Å²) in [5, 5.41) is 11.4. The fraction of sp³-hybridized carbons (Fsp3) is 0.786. The first kappa shape index (κ1) is 51.1. The Labute approximate surface area is 327 Å². The minimum absolute atomic E-state index is 0.0482. The molecule has 0 unspecified atom stereocenters. The number of ether oxygens (including phenoxy) is 3. The van der Waals surface area contributed by atoms with Gasteiger partial charge in [0.25, 0.3) is 5.69 Å². The molecule has 1 aromatic carbocycles. The van der Waals surface area contributed by atoms with E-state index >= 15 is 0 Å². The number of non-ortho nitro benzene ring substituents is 1. The SMILES string of the molecule is C=O.C[C@@H](CN(COC(C)(C)C)C[C@H](Cc1ccc([N+](=O)[O-])cc1)N(CCC(C)(C)C)CCC(C)(C)C)N(CC(=O)OC(C)(C)C)CC(=O)OC(C)(C)C. The zero-order chi connectivity index (χ0) is 42.3. The summed E-state index contributed by atoms with van der Waals surface area (Å²) in [4.78, 5) is 52.0. The summed E-state index contributed by atoms with van der Waals surface area (Å²) < 4.78 is 17.7. The molecule has 0 heterocycles. The molecule has 312 valence electrons. The van der Waals surface area contributed by atoms with Crippen molar-refractivity contribution in [1.29, 1.82) is 0 Å². The standard InChI is InChI=1S/C41H74N4O7.CH2O/c1-31(44(28-35(46)51-40(11,12)13)29-36(47)52-41(14,15)16)26-42(30-50-39(8,9)10)27-34(25-32-17-19-33(20-18-32)45(48)49)43(23-21-37(2,3)4)24-22-38(5,6)7;1-2/h17-20,31,34H,21-30H2,1-16H3;1H2/t31-,34-;/m0./s1. The molecule has 12 nitrogen and oxygen atoms in total. The van der Waals surface area contributed by atoms with Gasteiger partial charge in [-0.2, -0.15) is 0 Å². The van der Waals surface area contributed by atoms with Crippen LogP contribution in [0.25, 0.3) is 0 Å². The molecule has 0 radical (unpaired) electrons. The van der Waals surface area contributed by atoms with Gasteiger partial charge in [0.1, 0.15) is 18.0 Å². The van der Waals surface area contributed by atoms with Crippen LogP contribution in [0.5, 0.6) is 0 Å². The second-order valence-electron chi connectivity index (χ2n) is 19.8. The zero-order valence-electron chi connectivity index (χ0n) is 36.8. The van der Waals surface area contributed by atoms with E-state index in [1.54, 1.807) is 12.1 Å². The quantitative estimate of drug-likeness (QED) is 0.0589. The summed E-state index contributed by atoms with van der Waals surface area (Å²) in [6.07, 6.45) is 2.69. The molecular formula is C42H76N4O8. The molecule has 54 heavy (non-hydrogen) atoms. The summed E-state index contributed by atoms with van der Waals surface area (Å²) >= 11 is 0. The lowest BCUT2D eigenvalue weighted by molar-refractivity contribution is -0.384. The Bertz CT molecular complexity index is 1220. The molecule has 0 fully saturated rings. The topological polar surface area (TPSA) is 132 Å². The second-order valence-corrected chi connectivity index (χ2v) is 19.8. The van der Waals surface area contributed by atoms with Gasteiger partial charge in [0.2, 0.25) is 0 Å². The predicted molar refractivity (Wildman–Crippen MR) is 217 cm³/mol. The molecular weight excluding hydrogens is 688 g/mol. The van der Waals surface area contributed by atoms with Crippen molar-refractivity contribution in [2.24, 2.45) is 10.8 Å². The van der Waals surface area contributed by atoms with Crippen molar-refractivity contribution in [3.05, 3.63) is 39.9 Å². The minimum Gasteiger partial charge on any atom is -0.459 e. The molecule has 0 spiro atoms. The number of hydrogen-bond acceptors (Lipinski definition) is 11. The summed E-state index contributed by atoms with van der Waals surface area (Å²) in [6.45, 7) is 37.7. The fourth-order valence-electron chi connectivity index (χ4n) is 5.47. The van der Waals surface area contributed by atoms with Crippen LogP contribution < -0.4 is 0 Å². The van der Waals surface area contributed by atoms with E-state index < -0.39 is 28.7 Å². The van der Waals surface area contributed by atoms with Gasteiger partial charge in [-0.05, 0) is 118 Å². The van der Waals surface area contributed by atoms with Crippen molar-refractivity contribution >= 4 is 24.4 Å². The molecule has 0 N–H and O–H groups in total. The van der Waals surface area contributed by atoms with Gasteiger partial charge in [-0.1, -0.05) is 53.7 Å². The molecule has 0 aromatic heterocycles. The number of carbonyl (C=O) groups excluding carboxylic acids is 3. The van der Waals surface area contributed by atoms with E-state index in [-0.39, 0.29) is 46.6 Å². The first-order chi connectivity index (χ1) is 24.4. The highest BCUT2D eigenvalue weighted by Crippen LogP contribution is 2.25. The van der Waals surface area contributed by atoms with Gasteiger partial charge in [-0.25, -0.2) is 0 Å². The van der Waals surface area contributed by atoms with Crippen LogP contribution >= 0.6 is 0 Å². The van der Waals surface area contributed by atoms with E-state index in [1.165, 1.54) is 0 Å². The van der Waals surface area contributed by atoms with E-state index in [0.717, 1.165) is 31.5 Å². The third-order valence-corrected chi connectivity index (χ3v) is 8.23. The van der Waals surface area contributed by atoms with Crippen LogP contribution in [0.15, 0.2) is 24.3 Å². The number of nitro benzene ring substituents is 1. The van der Waals surface area contributed by atoms with Crippen molar-refractivity contribution in [3.8, 4) is 0 Å². The van der Waals surface area contributed by atoms with Crippen molar-refractivity contribution in [1.82, 2.24) is 14.7 Å². The van der Waals surface area contributed by atoms with Crippen LogP contribution in [0.4, 0.5) is 5.69 Å². The van der Waals surface area contributed by atoms with Crippen molar-refractivity contribution in [3.63, 3.8) is 0 Å². The van der Waals surface area contributed by atoms with Crippen LogP contribution in [-0.4, -0.2) is 113 Å². The molecule has 0 aliphatic carbocycles. The average molecular weight is 765 g/mol. The number of benzene rings is 1. The summed E-state index contributed by atoms with van der Waals surface area (Å²) in [5.74, 6) is -0.820. The maximum absolute atomic E-state index is 13.1. The number of esters is 2. The summed E-state index contributed by atoms with van der Waals surface area (Å²) in [7, 11) is 0. The Morgan fingerprint density at radius 2 is 1.13 bits per heavy atom. The van der Waals surface area contributed by atoms with Crippen molar-refractivity contribution in [2.45, 2.75) is 159 Å². The highest BCUT2D eigenvalue weighted by Gasteiger charge is 2.31. The lowest BCUT2D eigenvalue weighted by atomic mass is 9.89. The maximum atomic E-state index is 13.1. The summed E-state index contributed by atoms with van der Waals surface area (Å²) in [5.41, 5.74) is -0.384. The second kappa shape index (κ2) is 22.0. The minimum atomic E-state index is -0.668. The highest BCUT2D eigenvalue weighted by molar-refractivity contribution is 5.75. The van der Waals surface area contributed by atoms with E-state index in [1.807, 2.05) is 93.1 Å². The van der Waals surface area contributed by atoms with Crippen LogP contribution in [0.2, 0.25) is 0 Å². The predicted octanol–water partition coefficient (Wildman–Crippen LogP) is 7.94. The van der Waals surface area contributed by atoms with Crippen LogP contribution in [0.3, 0.4) is 0 Å². The molecule has 0 saturated carbocycles. The van der Waals surface area contributed by atoms with Crippen LogP contribution in [0, 0.1) is 20.9 Å². The molecule has 2 atom stereocenters. The molecule has 0 amide bonds. The van der Waals surface area contributed by atoms with Gasteiger partial charge < -0.3 is 19.0 Å². The number of nitro groups is 1. The van der Waals surface area contributed by atoms with E-state index in [4.69, 9.17) is 19.0 Å². The normalized spacial score (nSPS) is 14.1. The third-order valence-electron chi connectivity index (χ3n) is 8.23. The molecule has 0 aliphatic rings. The lowest BCUT2D eigenvalue weighted by Crippen LogP contribution is -2.53. The Balaban J connectivity index is 0.0000138. The Kier molecular flexibility index (Phi) is 20.8. The van der Waals surface area contributed by atoms with Gasteiger partial charge in [-0.3, -0.25) is 34.4 Å². The number of rotatable bonds is 19. The first-order valence-electron chi connectivity index (χ1n) is 19.2. The monoisotopic (exact) mass is 765 g/mol. The lowest BCUT2D eigenvalue weighted by Gasteiger charge is -2.40. The van der Waals surface area contributed by atoms with Gasteiger partial charge in [-0.15, -0.1) is 0 Å². The maximum Gasteiger partial charge on any atom is 0.320 e.